The van der Waals surface area contributed by atoms with Crippen molar-refractivity contribution in [1.82, 2.24) is 5.32 Å². The first kappa shape index (κ1) is 31.1. The van der Waals surface area contributed by atoms with E-state index in [-0.39, 0.29) is 45.2 Å². The minimum Gasteiger partial charge on any atom is -0.356 e. The van der Waals surface area contributed by atoms with Crippen molar-refractivity contribution >= 4 is 17.5 Å². The van der Waals surface area contributed by atoms with Gasteiger partial charge in [-0.15, -0.1) is 0 Å². The summed E-state index contributed by atoms with van der Waals surface area (Å²) in [4.78, 5) is 39.2. The molecule has 5 nitrogen and oxygen atoms in total. The number of nitrogens with zero attached hydrogens (tertiary/aromatic N) is 1. The summed E-state index contributed by atoms with van der Waals surface area (Å²) < 4.78 is 0. The number of rotatable bonds is 7. The highest BCUT2D eigenvalue weighted by Crippen LogP contribution is 2.64. The topological polar surface area (TPSA) is 87.0 Å². The number of Topliss-reactive ketones (excluding diaryl/α,β-unsaturated/α-hetero) is 1. The van der Waals surface area contributed by atoms with Crippen LogP contribution in [0.2, 0.25) is 0 Å². The van der Waals surface area contributed by atoms with Gasteiger partial charge < -0.3 is 5.32 Å². The molecule has 214 valence electrons. The largest absolute Gasteiger partial charge is 0.356 e. The first-order valence-electron chi connectivity index (χ1n) is 14.8. The highest BCUT2D eigenvalue weighted by molar-refractivity contribution is 6.12. The van der Waals surface area contributed by atoms with Gasteiger partial charge in [0.1, 0.15) is 6.07 Å². The maximum atomic E-state index is 13.7. The van der Waals surface area contributed by atoms with Crippen LogP contribution in [0.15, 0.2) is 34.4 Å². The molecule has 0 aromatic carbocycles. The average Bonchev–Trinajstić information content (AvgIpc) is 2.83. The summed E-state index contributed by atoms with van der Waals surface area (Å²) >= 11 is 0. The van der Waals surface area contributed by atoms with Crippen molar-refractivity contribution in [3.63, 3.8) is 0 Å². The number of carbonyl (C=O) groups is 3. The maximum absolute atomic E-state index is 13.7. The average molecular weight is 535 g/mol. The number of amides is 1. The van der Waals surface area contributed by atoms with Crippen LogP contribution in [-0.2, 0) is 14.4 Å². The molecule has 4 atom stereocenters. The highest BCUT2D eigenvalue weighted by Gasteiger charge is 2.56. The number of hydrogen-bond acceptors (Lipinski definition) is 4. The molecule has 0 spiro atoms. The van der Waals surface area contributed by atoms with Crippen LogP contribution >= 0.6 is 0 Å². The zero-order valence-corrected chi connectivity index (χ0v) is 26.1. The van der Waals surface area contributed by atoms with Crippen LogP contribution in [0, 0.1) is 44.3 Å². The third kappa shape index (κ3) is 5.21. The quantitative estimate of drug-likeness (QED) is 0.344. The number of nitriles is 1. The predicted octanol–water partition coefficient (Wildman–Crippen LogP) is 7.43. The van der Waals surface area contributed by atoms with Gasteiger partial charge >= 0.3 is 0 Å². The minimum atomic E-state index is -0.668. The Kier molecular flexibility index (Phi) is 8.35. The molecule has 1 unspecified atom stereocenters. The standard InChI is InChI=1S/C34H50N2O3/c1-11-36-29(39)34(16-14-30(5,6)19-22(34)2)17-15-31(7,8)33(10)13-12-26-24(4)28(38)25(21-35)20-32(26,9)27(33)18-23(3)37/h18,20,22H,11-17,19H2,1-10H3,(H,36,39)/b27-18-/t22?,32-,33+,34-/m0/s1. The molecule has 3 aliphatic rings. The van der Waals surface area contributed by atoms with Crippen molar-refractivity contribution in [2.45, 2.75) is 114 Å². The molecule has 1 amide bonds. The number of hydrogen-bond donors (Lipinski definition) is 1. The molecule has 5 heteroatoms. The Morgan fingerprint density at radius 1 is 1.18 bits per heavy atom. The summed E-state index contributed by atoms with van der Waals surface area (Å²) in [6.45, 7) is 21.7. The number of nitrogens with one attached hydrogen (secondary N) is 1. The molecule has 0 aromatic heterocycles. The molecule has 0 aromatic rings. The maximum Gasteiger partial charge on any atom is 0.226 e. The van der Waals surface area contributed by atoms with Crippen LogP contribution in [0.4, 0.5) is 0 Å². The van der Waals surface area contributed by atoms with Crippen LogP contribution in [0.1, 0.15) is 114 Å². The Morgan fingerprint density at radius 2 is 1.82 bits per heavy atom. The Balaban J connectivity index is 2.07. The lowest BCUT2D eigenvalue weighted by Gasteiger charge is -2.57. The van der Waals surface area contributed by atoms with Gasteiger partial charge in [-0.3, -0.25) is 14.4 Å². The van der Waals surface area contributed by atoms with E-state index in [9.17, 15) is 19.6 Å². The zero-order valence-electron chi connectivity index (χ0n) is 26.1. The monoisotopic (exact) mass is 534 g/mol. The number of allylic oxidation sites excluding steroid dienone is 6. The first-order chi connectivity index (χ1) is 17.9. The molecule has 39 heavy (non-hydrogen) atoms. The second-order valence-electron chi connectivity index (χ2n) is 14.5. The molecular formula is C34H50N2O3. The van der Waals surface area contributed by atoms with Gasteiger partial charge in [-0.2, -0.15) is 5.26 Å². The van der Waals surface area contributed by atoms with E-state index in [1.54, 1.807) is 19.1 Å². The number of ketones is 2. The second-order valence-corrected chi connectivity index (χ2v) is 14.5. The van der Waals surface area contributed by atoms with E-state index >= 15 is 0 Å². The van der Waals surface area contributed by atoms with Gasteiger partial charge in [0.15, 0.2) is 11.6 Å². The molecule has 2 saturated carbocycles. The van der Waals surface area contributed by atoms with E-state index < -0.39 is 10.8 Å². The Morgan fingerprint density at radius 3 is 2.36 bits per heavy atom. The Hall–Kier alpha value is -2.48. The van der Waals surface area contributed by atoms with E-state index in [0.717, 1.165) is 56.1 Å². The summed E-state index contributed by atoms with van der Waals surface area (Å²) in [5.41, 5.74) is 1.35. The van der Waals surface area contributed by atoms with Crippen LogP contribution in [-0.4, -0.2) is 24.0 Å². The summed E-state index contributed by atoms with van der Waals surface area (Å²) in [5, 5.41) is 12.9. The third-order valence-electron chi connectivity index (χ3n) is 11.1. The molecule has 1 N–H and O–H groups in total. The molecule has 0 radical (unpaired) electrons. The summed E-state index contributed by atoms with van der Waals surface area (Å²) in [7, 11) is 0. The Labute approximate surface area is 236 Å². The van der Waals surface area contributed by atoms with Crippen molar-refractivity contribution in [1.29, 1.82) is 5.26 Å². The van der Waals surface area contributed by atoms with Gasteiger partial charge in [0.2, 0.25) is 5.91 Å². The number of fused-ring (bicyclic) bond motifs is 1. The fourth-order valence-electron chi connectivity index (χ4n) is 8.14. The van der Waals surface area contributed by atoms with Crippen LogP contribution in [0.3, 0.4) is 0 Å². The van der Waals surface area contributed by atoms with Gasteiger partial charge in [0, 0.05) is 12.0 Å². The zero-order chi connectivity index (χ0) is 29.6. The summed E-state index contributed by atoms with van der Waals surface area (Å²) in [5.74, 6) is 0.221. The van der Waals surface area contributed by atoms with Crippen molar-refractivity contribution in [3.8, 4) is 6.07 Å². The summed E-state index contributed by atoms with van der Waals surface area (Å²) in [6, 6.07) is 2.11. The number of carbonyl (C=O) groups excluding carboxylic acids is 3. The molecule has 0 bridgehead atoms. The van der Waals surface area contributed by atoms with Gasteiger partial charge in [0.25, 0.3) is 0 Å². The van der Waals surface area contributed by atoms with Crippen molar-refractivity contribution in [2.75, 3.05) is 6.54 Å². The molecule has 2 fully saturated rings. The van der Waals surface area contributed by atoms with Gasteiger partial charge in [-0.05, 0) is 124 Å². The molecule has 3 rings (SSSR count). The summed E-state index contributed by atoms with van der Waals surface area (Å²) in [6.07, 6.45) is 9.69. The van der Waals surface area contributed by atoms with Gasteiger partial charge in [-0.25, -0.2) is 0 Å². The fraction of sp³-hybridized carbons (Fsp3) is 0.706. The highest BCUT2D eigenvalue weighted by atomic mass is 16.2. The lowest BCUT2D eigenvalue weighted by molar-refractivity contribution is -0.140. The predicted molar refractivity (Wildman–Crippen MR) is 157 cm³/mol. The lowest BCUT2D eigenvalue weighted by atomic mass is 9.46. The second kappa shape index (κ2) is 10.5. The first-order valence-corrected chi connectivity index (χ1v) is 14.8. The van der Waals surface area contributed by atoms with Crippen molar-refractivity contribution in [3.05, 3.63) is 34.4 Å². The van der Waals surface area contributed by atoms with E-state index in [4.69, 9.17) is 0 Å². The van der Waals surface area contributed by atoms with E-state index in [0.29, 0.717) is 12.1 Å². The minimum absolute atomic E-state index is 0.0297. The smallest absolute Gasteiger partial charge is 0.226 e. The van der Waals surface area contributed by atoms with Crippen LogP contribution < -0.4 is 5.32 Å². The van der Waals surface area contributed by atoms with Gasteiger partial charge in [-0.1, -0.05) is 41.5 Å². The SMILES string of the molecule is CCNC(=O)[C@]1(CCC(C)(C)[C@]2(C)CCC3=C(C)C(=O)C(C#N)=C[C@]3(C)/C2=C/C(C)=O)CCC(C)(C)CC1C. The Bertz CT molecular complexity index is 1190. The fourth-order valence-corrected chi connectivity index (χ4v) is 8.14. The van der Waals surface area contributed by atoms with Crippen molar-refractivity contribution in [2.24, 2.45) is 33.0 Å². The lowest BCUT2D eigenvalue weighted by Crippen LogP contribution is -2.51. The van der Waals surface area contributed by atoms with Crippen LogP contribution in [0.5, 0.6) is 0 Å². The third-order valence-corrected chi connectivity index (χ3v) is 11.1. The van der Waals surface area contributed by atoms with Gasteiger partial charge in [0.05, 0.1) is 11.0 Å². The van der Waals surface area contributed by atoms with Crippen LogP contribution in [0.25, 0.3) is 0 Å². The normalized spacial score (nSPS) is 33.8. The molecule has 0 heterocycles. The molecule has 0 aliphatic heterocycles. The van der Waals surface area contributed by atoms with Crippen molar-refractivity contribution < 1.29 is 14.4 Å². The molecule has 3 aliphatic carbocycles. The van der Waals surface area contributed by atoms with E-state index in [1.165, 1.54) is 0 Å². The molecular weight excluding hydrogens is 484 g/mol. The van der Waals surface area contributed by atoms with E-state index in [1.807, 2.05) is 13.8 Å². The van der Waals surface area contributed by atoms with E-state index in [2.05, 4.69) is 59.9 Å². The molecule has 0 saturated heterocycles.